The van der Waals surface area contributed by atoms with Gasteiger partial charge in [-0.1, -0.05) is 15.9 Å². The fourth-order valence-corrected chi connectivity index (χ4v) is 3.27. The largest absolute Gasteiger partial charge is 0.486 e. The van der Waals surface area contributed by atoms with Gasteiger partial charge in [0.15, 0.2) is 11.5 Å². The Morgan fingerprint density at radius 1 is 1.13 bits per heavy atom. The predicted molar refractivity (Wildman–Crippen MR) is 95.5 cm³/mol. The van der Waals surface area contributed by atoms with Crippen LogP contribution in [0.1, 0.15) is 6.92 Å². The van der Waals surface area contributed by atoms with Gasteiger partial charge in [0.25, 0.3) is 0 Å². The summed E-state index contributed by atoms with van der Waals surface area (Å²) in [5.41, 5.74) is 0.711. The third kappa shape index (κ3) is 4.20. The zero-order valence-electron chi connectivity index (χ0n) is 12.5. The minimum absolute atomic E-state index is 0.0467. The molecule has 1 aliphatic heterocycles. The number of amides is 1. The number of carbonyl (C=O) groups excluding carboxylic acids is 1. The number of thioether (sulfide) groups is 1. The second-order valence-corrected chi connectivity index (χ2v) is 7.39. The van der Waals surface area contributed by atoms with Crippen LogP contribution in [0, 0.1) is 0 Å². The first kappa shape index (κ1) is 16.2. The van der Waals surface area contributed by atoms with Crippen LogP contribution in [0.15, 0.2) is 51.8 Å². The molecule has 2 aromatic carbocycles. The van der Waals surface area contributed by atoms with Crippen LogP contribution in [0.4, 0.5) is 5.69 Å². The molecule has 4 nitrogen and oxygen atoms in total. The third-order valence-electron chi connectivity index (χ3n) is 3.31. The monoisotopic (exact) mass is 393 g/mol. The third-order valence-corrected chi connectivity index (χ3v) is 4.95. The molecular formula is C17H16BrNO3S. The van der Waals surface area contributed by atoms with Gasteiger partial charge < -0.3 is 14.8 Å². The highest BCUT2D eigenvalue weighted by Crippen LogP contribution is 2.33. The van der Waals surface area contributed by atoms with Crippen molar-refractivity contribution in [3.05, 3.63) is 46.9 Å². The van der Waals surface area contributed by atoms with E-state index in [-0.39, 0.29) is 11.2 Å². The van der Waals surface area contributed by atoms with Gasteiger partial charge >= 0.3 is 0 Å². The number of fused-ring (bicyclic) bond motifs is 1. The number of nitrogens with one attached hydrogen (secondary N) is 1. The molecule has 0 fully saturated rings. The molecule has 1 aliphatic rings. The highest BCUT2D eigenvalue weighted by atomic mass is 79.9. The number of carbonyl (C=O) groups is 1. The van der Waals surface area contributed by atoms with Crippen LogP contribution < -0.4 is 14.8 Å². The summed E-state index contributed by atoms with van der Waals surface area (Å²) in [5, 5.41) is 2.71. The van der Waals surface area contributed by atoms with Crippen molar-refractivity contribution in [3.8, 4) is 11.5 Å². The van der Waals surface area contributed by atoms with Crippen molar-refractivity contribution >= 4 is 39.3 Å². The van der Waals surface area contributed by atoms with Gasteiger partial charge in [0.2, 0.25) is 5.91 Å². The Hall–Kier alpha value is -1.66. The number of benzene rings is 2. The summed E-state index contributed by atoms with van der Waals surface area (Å²) in [6, 6.07) is 13.3. The Morgan fingerprint density at radius 2 is 1.83 bits per heavy atom. The molecule has 0 spiro atoms. The number of ether oxygens (including phenoxy) is 2. The Bertz CT molecular complexity index is 705. The van der Waals surface area contributed by atoms with Gasteiger partial charge in [-0.15, -0.1) is 11.8 Å². The number of hydrogen-bond donors (Lipinski definition) is 1. The Labute approximate surface area is 147 Å². The predicted octanol–water partition coefficient (Wildman–Crippen LogP) is 4.34. The summed E-state index contributed by atoms with van der Waals surface area (Å²) in [6.07, 6.45) is 0. The lowest BCUT2D eigenvalue weighted by atomic mass is 10.2. The zero-order chi connectivity index (χ0) is 16.2. The highest BCUT2D eigenvalue weighted by molar-refractivity contribution is 9.10. The highest BCUT2D eigenvalue weighted by Gasteiger charge is 2.17. The van der Waals surface area contributed by atoms with Crippen molar-refractivity contribution in [3.63, 3.8) is 0 Å². The minimum atomic E-state index is -0.204. The lowest BCUT2D eigenvalue weighted by Crippen LogP contribution is -2.22. The molecule has 1 amide bonds. The maximum absolute atomic E-state index is 12.3. The van der Waals surface area contributed by atoms with E-state index in [4.69, 9.17) is 9.47 Å². The van der Waals surface area contributed by atoms with Gasteiger partial charge in [0.1, 0.15) is 13.2 Å². The van der Waals surface area contributed by atoms with Gasteiger partial charge in [0, 0.05) is 21.1 Å². The molecule has 2 aromatic rings. The maximum atomic E-state index is 12.3. The first-order valence-corrected chi connectivity index (χ1v) is 8.92. The van der Waals surface area contributed by atoms with E-state index in [1.807, 2.05) is 43.3 Å². The number of rotatable bonds is 4. The summed E-state index contributed by atoms with van der Waals surface area (Å²) in [5.74, 6) is 1.34. The molecule has 0 aliphatic carbocycles. The lowest BCUT2D eigenvalue weighted by Gasteiger charge is -2.19. The standard InChI is InChI=1S/C17H16BrNO3S/c1-11(23-14-5-2-12(18)3-6-14)17(20)19-13-4-7-15-16(10-13)22-9-8-21-15/h2-7,10-11H,8-9H2,1H3,(H,19,20). The zero-order valence-corrected chi connectivity index (χ0v) is 14.9. The Balaban J connectivity index is 1.63. The molecule has 0 saturated heterocycles. The molecule has 1 atom stereocenters. The van der Waals surface area contributed by atoms with Crippen molar-refractivity contribution in [2.24, 2.45) is 0 Å². The lowest BCUT2D eigenvalue weighted by molar-refractivity contribution is -0.115. The van der Waals surface area contributed by atoms with E-state index in [2.05, 4.69) is 21.2 Å². The summed E-state index contributed by atoms with van der Waals surface area (Å²) >= 11 is 4.92. The molecule has 1 unspecified atom stereocenters. The number of hydrogen-bond acceptors (Lipinski definition) is 4. The molecule has 1 N–H and O–H groups in total. The fourth-order valence-electron chi connectivity index (χ4n) is 2.14. The van der Waals surface area contributed by atoms with Gasteiger partial charge in [-0.05, 0) is 43.3 Å². The van der Waals surface area contributed by atoms with Crippen molar-refractivity contribution in [1.82, 2.24) is 0 Å². The SMILES string of the molecule is CC(Sc1ccc(Br)cc1)C(=O)Nc1ccc2c(c1)OCCO2. The molecule has 0 saturated carbocycles. The molecule has 6 heteroatoms. The molecule has 3 rings (SSSR count). The van der Waals surface area contributed by atoms with E-state index >= 15 is 0 Å². The molecule has 0 radical (unpaired) electrons. The normalized spacial score (nSPS) is 14.2. The number of halogens is 1. The summed E-state index contributed by atoms with van der Waals surface area (Å²) in [4.78, 5) is 13.4. The first-order chi connectivity index (χ1) is 11.1. The van der Waals surface area contributed by atoms with Gasteiger partial charge in [-0.25, -0.2) is 0 Å². The average Bonchev–Trinajstić information content (AvgIpc) is 2.56. The van der Waals surface area contributed by atoms with E-state index in [1.165, 1.54) is 11.8 Å². The Morgan fingerprint density at radius 3 is 2.57 bits per heavy atom. The quantitative estimate of drug-likeness (QED) is 0.784. The van der Waals surface area contributed by atoms with E-state index in [9.17, 15) is 4.79 Å². The summed E-state index contributed by atoms with van der Waals surface area (Å²) in [6.45, 7) is 2.97. The van der Waals surface area contributed by atoms with Gasteiger partial charge in [-0.2, -0.15) is 0 Å². The minimum Gasteiger partial charge on any atom is -0.486 e. The molecule has 0 bridgehead atoms. The van der Waals surface area contributed by atoms with Crippen LogP contribution >= 0.6 is 27.7 Å². The topological polar surface area (TPSA) is 47.6 Å². The van der Waals surface area contributed by atoms with Crippen molar-refractivity contribution in [2.75, 3.05) is 18.5 Å². The van der Waals surface area contributed by atoms with Crippen molar-refractivity contribution in [2.45, 2.75) is 17.1 Å². The van der Waals surface area contributed by atoms with Crippen LogP contribution in [-0.2, 0) is 4.79 Å². The van der Waals surface area contributed by atoms with E-state index < -0.39 is 0 Å². The van der Waals surface area contributed by atoms with E-state index in [1.54, 1.807) is 6.07 Å². The molecule has 23 heavy (non-hydrogen) atoms. The van der Waals surface area contributed by atoms with E-state index in [0.29, 0.717) is 30.4 Å². The van der Waals surface area contributed by atoms with Crippen LogP contribution in [0.2, 0.25) is 0 Å². The number of anilines is 1. The fraction of sp³-hybridized carbons (Fsp3) is 0.235. The Kier molecular flexibility index (Phi) is 5.13. The maximum Gasteiger partial charge on any atom is 0.237 e. The smallest absolute Gasteiger partial charge is 0.237 e. The molecular weight excluding hydrogens is 378 g/mol. The van der Waals surface area contributed by atoms with Crippen molar-refractivity contribution in [1.29, 1.82) is 0 Å². The van der Waals surface area contributed by atoms with Crippen LogP contribution in [-0.4, -0.2) is 24.4 Å². The van der Waals surface area contributed by atoms with Crippen LogP contribution in [0.5, 0.6) is 11.5 Å². The van der Waals surface area contributed by atoms with E-state index in [0.717, 1.165) is 9.37 Å². The van der Waals surface area contributed by atoms with Crippen LogP contribution in [0.3, 0.4) is 0 Å². The second kappa shape index (κ2) is 7.27. The first-order valence-electron chi connectivity index (χ1n) is 7.24. The van der Waals surface area contributed by atoms with Gasteiger partial charge in [-0.3, -0.25) is 4.79 Å². The molecule has 120 valence electrons. The van der Waals surface area contributed by atoms with Crippen LogP contribution in [0.25, 0.3) is 0 Å². The second-order valence-electron chi connectivity index (χ2n) is 5.06. The molecule has 0 aromatic heterocycles. The van der Waals surface area contributed by atoms with Crippen molar-refractivity contribution < 1.29 is 14.3 Å². The summed E-state index contributed by atoms with van der Waals surface area (Å²) in [7, 11) is 0. The summed E-state index contributed by atoms with van der Waals surface area (Å²) < 4.78 is 12.0. The average molecular weight is 394 g/mol. The molecule has 1 heterocycles. The van der Waals surface area contributed by atoms with Gasteiger partial charge in [0.05, 0.1) is 5.25 Å².